The maximum Gasteiger partial charge on any atom is 0.195 e. The van der Waals surface area contributed by atoms with E-state index < -0.39 is 14.1 Å². The van der Waals surface area contributed by atoms with Gasteiger partial charge in [0.15, 0.2) is 25.5 Å². The minimum atomic E-state index is -2.11. The van der Waals surface area contributed by atoms with Crippen LogP contribution in [0, 0.1) is 0 Å². The average molecular weight is 453 g/mol. The number of hydroxylamine groups is 2. The minimum Gasteiger partial charge on any atom is -0.393 e. The van der Waals surface area contributed by atoms with Crippen LogP contribution in [0.1, 0.15) is 40.2 Å². The molecule has 0 N–H and O–H groups in total. The fourth-order valence-corrected chi connectivity index (χ4v) is 4.97. The Hall–Kier alpha value is -0.903. The molecule has 2 aliphatic rings. The quantitative estimate of drug-likeness (QED) is 0.585. The van der Waals surface area contributed by atoms with Crippen LogP contribution in [0.5, 0.6) is 0 Å². The Balaban J connectivity index is 1.93. The van der Waals surface area contributed by atoms with Crippen molar-refractivity contribution in [2.24, 2.45) is 4.99 Å². The van der Waals surface area contributed by atoms with E-state index in [4.69, 9.17) is 23.7 Å². The van der Waals surface area contributed by atoms with E-state index in [0.717, 1.165) is 10.7 Å². The topological polar surface area (TPSA) is 52.5 Å². The molecule has 8 heteroatoms. The zero-order valence-electron chi connectivity index (χ0n) is 19.5. The monoisotopic (exact) mass is 452 g/mol. The van der Waals surface area contributed by atoms with Gasteiger partial charge in [0, 0.05) is 0 Å². The molecule has 0 unspecified atom stereocenters. The van der Waals surface area contributed by atoms with Gasteiger partial charge in [-0.15, -0.1) is 0 Å². The van der Waals surface area contributed by atoms with Gasteiger partial charge in [0.1, 0.15) is 18.8 Å². The number of ether oxygens (including phenoxy) is 2. The Kier molecular flexibility index (Phi) is 7.06. The third-order valence-electron chi connectivity index (χ3n) is 6.00. The standard InChI is InChI=1S/C22H36N2O4SSi/c1-21(2,3)30(7,8)28-19-18-17(15-25-22(4,5)27-18)23-20(29-6)24(19)26-14-16-12-10-9-11-13-16/h9-13,17-19H,14-15H2,1-8H3/t17-,18+,19-/m1/s1. The second kappa shape index (κ2) is 8.92. The smallest absolute Gasteiger partial charge is 0.195 e. The highest BCUT2D eigenvalue weighted by atomic mass is 32.2. The number of rotatable bonds is 5. The SMILES string of the molecule is CSC1=N[C@@H]2COC(C)(C)O[C@@H]2[C@@H](O[Si](C)(C)C(C)(C)C)N1OCc1ccccc1. The molecule has 0 aromatic heterocycles. The highest BCUT2D eigenvalue weighted by molar-refractivity contribution is 8.13. The summed E-state index contributed by atoms with van der Waals surface area (Å²) < 4.78 is 19.2. The summed E-state index contributed by atoms with van der Waals surface area (Å²) in [7, 11) is -2.11. The first kappa shape index (κ1) is 23.8. The fourth-order valence-electron chi connectivity index (χ4n) is 3.20. The van der Waals surface area contributed by atoms with E-state index in [1.54, 1.807) is 11.8 Å². The van der Waals surface area contributed by atoms with E-state index in [1.807, 2.05) is 43.4 Å². The van der Waals surface area contributed by atoms with Gasteiger partial charge in [-0.25, -0.2) is 0 Å². The van der Waals surface area contributed by atoms with Crippen LogP contribution in [0.15, 0.2) is 35.3 Å². The van der Waals surface area contributed by atoms with Crippen LogP contribution < -0.4 is 0 Å². The van der Waals surface area contributed by atoms with Crippen LogP contribution in [-0.4, -0.2) is 55.6 Å². The minimum absolute atomic E-state index is 0.0579. The number of aliphatic imine (C=N–C) groups is 1. The molecule has 0 amide bonds. The molecular weight excluding hydrogens is 416 g/mol. The van der Waals surface area contributed by atoms with Crippen molar-refractivity contribution in [3.8, 4) is 0 Å². The summed E-state index contributed by atoms with van der Waals surface area (Å²) in [5.74, 6) is -0.687. The number of nitrogens with zero attached hydrogens (tertiary/aromatic N) is 2. The van der Waals surface area contributed by atoms with E-state index in [0.29, 0.717) is 13.2 Å². The van der Waals surface area contributed by atoms with Gasteiger partial charge in [-0.3, -0.25) is 9.83 Å². The zero-order valence-corrected chi connectivity index (χ0v) is 21.3. The summed E-state index contributed by atoms with van der Waals surface area (Å²) in [4.78, 5) is 11.2. The predicted octanol–water partition coefficient (Wildman–Crippen LogP) is 5.02. The Labute approximate surface area is 186 Å². The highest BCUT2D eigenvalue weighted by Crippen LogP contribution is 2.41. The van der Waals surface area contributed by atoms with Crippen molar-refractivity contribution in [3.63, 3.8) is 0 Å². The molecule has 2 aliphatic heterocycles. The molecule has 168 valence electrons. The molecule has 0 saturated carbocycles. The summed E-state index contributed by atoms with van der Waals surface area (Å²) in [5.41, 5.74) is 1.10. The lowest BCUT2D eigenvalue weighted by Gasteiger charge is -2.51. The third kappa shape index (κ3) is 5.28. The van der Waals surface area contributed by atoms with Crippen molar-refractivity contribution >= 4 is 25.2 Å². The molecule has 1 aromatic rings. The normalized spacial score (nSPS) is 26.9. The Bertz CT molecular complexity index is 751. The Morgan fingerprint density at radius 1 is 1.23 bits per heavy atom. The highest BCUT2D eigenvalue weighted by Gasteiger charge is 2.51. The molecule has 0 bridgehead atoms. The van der Waals surface area contributed by atoms with Crippen LogP contribution in [0.25, 0.3) is 0 Å². The maximum atomic E-state index is 6.90. The lowest BCUT2D eigenvalue weighted by atomic mass is 10.1. The molecule has 6 nitrogen and oxygen atoms in total. The fraction of sp³-hybridized carbons (Fsp3) is 0.682. The van der Waals surface area contributed by atoms with Crippen LogP contribution >= 0.6 is 11.8 Å². The number of thioether (sulfide) groups is 1. The average Bonchev–Trinajstić information content (AvgIpc) is 2.66. The summed E-state index contributed by atoms with van der Waals surface area (Å²) in [6.45, 7) is 16.1. The van der Waals surface area contributed by atoms with Crippen molar-refractivity contribution in [3.05, 3.63) is 35.9 Å². The molecule has 0 radical (unpaired) electrons. The predicted molar refractivity (Wildman–Crippen MR) is 125 cm³/mol. The second-order valence-electron chi connectivity index (χ2n) is 9.83. The van der Waals surface area contributed by atoms with Crippen molar-refractivity contribution in [2.75, 3.05) is 12.9 Å². The van der Waals surface area contributed by atoms with Gasteiger partial charge in [0.25, 0.3) is 0 Å². The van der Waals surface area contributed by atoms with Crippen LogP contribution in [0.4, 0.5) is 0 Å². The molecule has 30 heavy (non-hydrogen) atoms. The van der Waals surface area contributed by atoms with Crippen LogP contribution in [-0.2, 0) is 25.3 Å². The van der Waals surface area contributed by atoms with Gasteiger partial charge in [-0.05, 0) is 43.8 Å². The van der Waals surface area contributed by atoms with E-state index in [1.165, 1.54) is 0 Å². The van der Waals surface area contributed by atoms with E-state index in [9.17, 15) is 0 Å². The molecule has 1 aromatic carbocycles. The van der Waals surface area contributed by atoms with Crippen molar-refractivity contribution in [2.45, 2.75) is 83.5 Å². The van der Waals surface area contributed by atoms with Crippen LogP contribution in [0.2, 0.25) is 18.1 Å². The van der Waals surface area contributed by atoms with Crippen LogP contribution in [0.3, 0.4) is 0 Å². The first-order valence-electron chi connectivity index (χ1n) is 10.5. The summed E-state index contributed by atoms with van der Waals surface area (Å²) in [5, 5.41) is 2.69. The number of hydrogen-bond acceptors (Lipinski definition) is 7. The second-order valence-corrected chi connectivity index (χ2v) is 15.4. The van der Waals surface area contributed by atoms with Gasteiger partial charge < -0.3 is 13.9 Å². The molecule has 1 saturated heterocycles. The first-order chi connectivity index (χ1) is 13.9. The van der Waals surface area contributed by atoms with E-state index in [2.05, 4.69) is 46.0 Å². The Morgan fingerprint density at radius 2 is 1.90 bits per heavy atom. The van der Waals surface area contributed by atoms with Gasteiger partial charge in [0.05, 0.1) is 6.61 Å². The third-order valence-corrected chi connectivity index (χ3v) is 11.1. The molecule has 0 aliphatic carbocycles. The lowest BCUT2D eigenvalue weighted by molar-refractivity contribution is -0.326. The lowest BCUT2D eigenvalue weighted by Crippen LogP contribution is -2.65. The van der Waals surface area contributed by atoms with Crippen molar-refractivity contribution in [1.82, 2.24) is 5.06 Å². The van der Waals surface area contributed by atoms with E-state index >= 15 is 0 Å². The number of hydrogen-bond donors (Lipinski definition) is 0. The van der Waals surface area contributed by atoms with Gasteiger partial charge in [-0.2, -0.15) is 5.06 Å². The molecule has 1 fully saturated rings. The maximum absolute atomic E-state index is 6.90. The zero-order chi connectivity index (χ0) is 22.2. The molecule has 3 atom stereocenters. The van der Waals surface area contributed by atoms with Gasteiger partial charge in [-0.1, -0.05) is 62.9 Å². The molecule has 2 heterocycles. The van der Waals surface area contributed by atoms with Crippen molar-refractivity contribution in [1.29, 1.82) is 0 Å². The number of fused-ring (bicyclic) bond motifs is 1. The largest absolute Gasteiger partial charge is 0.393 e. The molecule has 0 spiro atoms. The molecule has 3 rings (SSSR count). The summed E-state index contributed by atoms with van der Waals surface area (Å²) in [6, 6.07) is 10.0. The summed E-state index contributed by atoms with van der Waals surface area (Å²) >= 11 is 1.56. The number of amidine groups is 1. The Morgan fingerprint density at radius 3 is 2.50 bits per heavy atom. The first-order valence-corrected chi connectivity index (χ1v) is 14.6. The molecular formula is C22H36N2O4SSi. The number of benzene rings is 1. The van der Waals surface area contributed by atoms with Gasteiger partial charge in [0.2, 0.25) is 0 Å². The van der Waals surface area contributed by atoms with E-state index in [-0.39, 0.29) is 23.4 Å². The summed E-state index contributed by atoms with van der Waals surface area (Å²) in [6.07, 6.45) is 1.35. The van der Waals surface area contributed by atoms with Gasteiger partial charge >= 0.3 is 0 Å². The van der Waals surface area contributed by atoms with Crippen molar-refractivity contribution < 1.29 is 18.7 Å².